The van der Waals surface area contributed by atoms with Crippen LogP contribution in [0.2, 0.25) is 0 Å². The molecule has 1 aliphatic carbocycles. The number of halogens is 3. The molecule has 0 amide bonds. The molecule has 2 aromatic rings. The molecule has 1 spiro atoms. The third-order valence-electron chi connectivity index (χ3n) is 5.21. The summed E-state index contributed by atoms with van der Waals surface area (Å²) in [4.78, 5) is 8.69. The Morgan fingerprint density at radius 3 is 2.52 bits per heavy atom. The molecule has 0 radical (unpaired) electrons. The lowest BCUT2D eigenvalue weighted by Gasteiger charge is -2.23. The van der Waals surface area contributed by atoms with E-state index in [-0.39, 0.29) is 11.3 Å². The Balaban J connectivity index is 1.47. The second kappa shape index (κ2) is 6.60. The number of aromatic nitrogens is 1. The molecule has 144 valence electrons. The number of nitrogens with zero attached hydrogens (tertiary/aromatic N) is 3. The lowest BCUT2D eigenvalue weighted by Crippen LogP contribution is -2.32. The van der Waals surface area contributed by atoms with E-state index in [1.54, 1.807) is 31.6 Å². The third-order valence-corrected chi connectivity index (χ3v) is 5.21. The molecular weight excluding hydrogens is 359 g/mol. The molecule has 2 aliphatic rings. The van der Waals surface area contributed by atoms with Gasteiger partial charge in [-0.3, -0.25) is 9.88 Å². The molecule has 1 aromatic heterocycles. The van der Waals surface area contributed by atoms with Gasteiger partial charge in [-0.15, -0.1) is 13.2 Å². The standard InChI is InChI=1S/C19H20F3N3O2/c1-26-17-10-23-9-6-14(17)11-25-13-24(12-18(25)7-8-18)15-2-4-16(5-3-15)27-19(20,21)22/h2-6,9-10H,7-8,11-13H2,1H3. The van der Waals surface area contributed by atoms with Gasteiger partial charge in [-0.2, -0.15) is 0 Å². The van der Waals surface area contributed by atoms with Crippen LogP contribution in [0.5, 0.6) is 11.5 Å². The molecule has 4 rings (SSSR count). The SMILES string of the molecule is COc1cnccc1CN1CN(c2ccc(OC(F)(F)F)cc2)CC12CC2. The molecular formula is C19H20F3N3O2. The molecule has 1 saturated heterocycles. The molecule has 0 unspecified atom stereocenters. The zero-order valence-electron chi connectivity index (χ0n) is 14.9. The van der Waals surface area contributed by atoms with E-state index in [4.69, 9.17) is 4.74 Å². The molecule has 27 heavy (non-hydrogen) atoms. The maximum absolute atomic E-state index is 12.3. The van der Waals surface area contributed by atoms with Crippen molar-refractivity contribution >= 4 is 5.69 Å². The number of methoxy groups -OCH3 is 1. The minimum Gasteiger partial charge on any atom is -0.495 e. The number of hydrogen-bond acceptors (Lipinski definition) is 5. The summed E-state index contributed by atoms with van der Waals surface area (Å²) < 4.78 is 46.3. The minimum absolute atomic E-state index is 0.134. The van der Waals surface area contributed by atoms with Crippen molar-refractivity contribution in [1.82, 2.24) is 9.88 Å². The topological polar surface area (TPSA) is 37.8 Å². The molecule has 5 nitrogen and oxygen atoms in total. The Hall–Kier alpha value is -2.48. The second-order valence-corrected chi connectivity index (χ2v) is 6.99. The maximum Gasteiger partial charge on any atom is 0.573 e. The van der Waals surface area contributed by atoms with Gasteiger partial charge in [-0.25, -0.2) is 0 Å². The molecule has 1 aliphatic heterocycles. The molecule has 0 atom stereocenters. The molecule has 2 heterocycles. The van der Waals surface area contributed by atoms with Crippen molar-refractivity contribution in [2.24, 2.45) is 0 Å². The highest BCUT2D eigenvalue weighted by Crippen LogP contribution is 2.48. The van der Waals surface area contributed by atoms with E-state index in [2.05, 4.69) is 19.5 Å². The van der Waals surface area contributed by atoms with Crippen LogP contribution in [0.1, 0.15) is 18.4 Å². The van der Waals surface area contributed by atoms with E-state index >= 15 is 0 Å². The van der Waals surface area contributed by atoms with Crippen molar-refractivity contribution in [2.45, 2.75) is 31.3 Å². The summed E-state index contributed by atoms with van der Waals surface area (Å²) in [5.74, 6) is 0.561. The van der Waals surface area contributed by atoms with Crippen LogP contribution < -0.4 is 14.4 Å². The molecule has 8 heteroatoms. The van der Waals surface area contributed by atoms with Crippen LogP contribution in [0.15, 0.2) is 42.7 Å². The number of alkyl halides is 3. The number of pyridine rings is 1. The zero-order chi connectivity index (χ0) is 19.1. The molecule has 1 aromatic carbocycles. The average molecular weight is 379 g/mol. The lowest BCUT2D eigenvalue weighted by atomic mass is 10.2. The van der Waals surface area contributed by atoms with Crippen LogP contribution in [-0.4, -0.2) is 42.1 Å². The largest absolute Gasteiger partial charge is 0.573 e. The summed E-state index contributed by atoms with van der Waals surface area (Å²) in [5.41, 5.74) is 2.10. The fourth-order valence-corrected chi connectivity index (χ4v) is 3.66. The summed E-state index contributed by atoms with van der Waals surface area (Å²) in [6.07, 6.45) is 1.03. The summed E-state index contributed by atoms with van der Waals surface area (Å²) in [6.45, 7) is 2.32. The first-order chi connectivity index (χ1) is 12.9. The van der Waals surface area contributed by atoms with Gasteiger partial charge in [0.05, 0.1) is 20.0 Å². The van der Waals surface area contributed by atoms with Crippen molar-refractivity contribution in [3.63, 3.8) is 0 Å². The lowest BCUT2D eigenvalue weighted by molar-refractivity contribution is -0.274. The Morgan fingerprint density at radius 1 is 1.15 bits per heavy atom. The fourth-order valence-electron chi connectivity index (χ4n) is 3.66. The summed E-state index contributed by atoms with van der Waals surface area (Å²) in [7, 11) is 1.63. The molecule has 0 N–H and O–H groups in total. The van der Waals surface area contributed by atoms with Gasteiger partial charge in [0, 0.05) is 36.1 Å². The van der Waals surface area contributed by atoms with Gasteiger partial charge in [0.2, 0.25) is 0 Å². The zero-order valence-corrected chi connectivity index (χ0v) is 14.9. The minimum atomic E-state index is -4.67. The molecule has 1 saturated carbocycles. The summed E-state index contributed by atoms with van der Waals surface area (Å²) in [6, 6.07) is 8.02. The van der Waals surface area contributed by atoms with Crippen molar-refractivity contribution in [2.75, 3.05) is 25.2 Å². The number of benzene rings is 1. The first-order valence-electron chi connectivity index (χ1n) is 8.71. The van der Waals surface area contributed by atoms with E-state index < -0.39 is 6.36 Å². The third kappa shape index (κ3) is 3.80. The van der Waals surface area contributed by atoms with Gasteiger partial charge < -0.3 is 14.4 Å². The van der Waals surface area contributed by atoms with E-state index in [1.165, 1.54) is 12.1 Å². The van der Waals surface area contributed by atoms with Gasteiger partial charge >= 0.3 is 6.36 Å². The average Bonchev–Trinajstić information content (AvgIpc) is 3.32. The van der Waals surface area contributed by atoms with Crippen LogP contribution in [0.3, 0.4) is 0 Å². The highest BCUT2D eigenvalue weighted by molar-refractivity contribution is 5.51. The predicted molar refractivity (Wildman–Crippen MR) is 93.6 cm³/mol. The number of hydrogen-bond donors (Lipinski definition) is 0. The second-order valence-electron chi connectivity index (χ2n) is 6.99. The van der Waals surface area contributed by atoms with E-state index in [1.807, 2.05) is 6.07 Å². The quantitative estimate of drug-likeness (QED) is 0.790. The van der Waals surface area contributed by atoms with Crippen LogP contribution in [0.4, 0.5) is 18.9 Å². The fraction of sp³-hybridized carbons (Fsp3) is 0.421. The van der Waals surface area contributed by atoms with Crippen molar-refractivity contribution < 1.29 is 22.6 Å². The van der Waals surface area contributed by atoms with Crippen LogP contribution >= 0.6 is 0 Å². The Morgan fingerprint density at radius 2 is 1.89 bits per heavy atom. The Kier molecular flexibility index (Phi) is 4.38. The molecule has 2 fully saturated rings. The van der Waals surface area contributed by atoms with Crippen molar-refractivity contribution in [1.29, 1.82) is 0 Å². The van der Waals surface area contributed by atoms with Crippen LogP contribution in [-0.2, 0) is 6.54 Å². The molecule has 0 bridgehead atoms. The monoisotopic (exact) mass is 379 g/mol. The summed E-state index contributed by atoms with van der Waals surface area (Å²) >= 11 is 0. The van der Waals surface area contributed by atoms with E-state index in [0.29, 0.717) is 6.67 Å². The van der Waals surface area contributed by atoms with Crippen LogP contribution in [0, 0.1) is 0 Å². The van der Waals surface area contributed by atoms with E-state index in [9.17, 15) is 13.2 Å². The first kappa shape index (κ1) is 17.9. The van der Waals surface area contributed by atoms with Crippen LogP contribution in [0.25, 0.3) is 0 Å². The first-order valence-corrected chi connectivity index (χ1v) is 8.71. The highest BCUT2D eigenvalue weighted by Gasteiger charge is 2.53. The number of anilines is 1. The summed E-state index contributed by atoms with van der Waals surface area (Å²) in [5, 5.41) is 0. The van der Waals surface area contributed by atoms with Crippen molar-refractivity contribution in [3.8, 4) is 11.5 Å². The van der Waals surface area contributed by atoms with Gasteiger partial charge in [0.15, 0.2) is 0 Å². The van der Waals surface area contributed by atoms with Gasteiger partial charge in [0.1, 0.15) is 11.5 Å². The maximum atomic E-state index is 12.3. The number of rotatable bonds is 5. The Bertz CT molecular complexity index is 807. The smallest absolute Gasteiger partial charge is 0.495 e. The van der Waals surface area contributed by atoms with Gasteiger partial charge in [0.25, 0.3) is 0 Å². The van der Waals surface area contributed by atoms with Gasteiger partial charge in [-0.05, 0) is 43.2 Å². The van der Waals surface area contributed by atoms with Gasteiger partial charge in [-0.1, -0.05) is 0 Å². The predicted octanol–water partition coefficient (Wildman–Crippen LogP) is 3.80. The normalized spacial score (nSPS) is 18.7. The van der Waals surface area contributed by atoms with Crippen molar-refractivity contribution in [3.05, 3.63) is 48.3 Å². The Labute approximate surface area is 155 Å². The number of ether oxygens (including phenoxy) is 2. The van der Waals surface area contributed by atoms with E-state index in [0.717, 1.165) is 42.9 Å². The highest BCUT2D eigenvalue weighted by atomic mass is 19.4.